The van der Waals surface area contributed by atoms with Crippen LogP contribution in [0.2, 0.25) is 0 Å². The maximum Gasteiger partial charge on any atom is 0.221 e. The summed E-state index contributed by atoms with van der Waals surface area (Å²) in [5.41, 5.74) is 5.15. The van der Waals surface area contributed by atoms with Crippen LogP contribution in [0.3, 0.4) is 0 Å². The van der Waals surface area contributed by atoms with Crippen molar-refractivity contribution in [1.82, 2.24) is 5.32 Å². The van der Waals surface area contributed by atoms with Crippen LogP contribution in [0.15, 0.2) is 0 Å². The average molecular weight is 165 g/mol. The lowest BCUT2D eigenvalue weighted by Crippen LogP contribution is -2.26. The summed E-state index contributed by atoms with van der Waals surface area (Å²) in [6.45, 7) is 1.06. The first-order chi connectivity index (χ1) is 4.81. The molecule has 0 spiro atoms. The summed E-state index contributed by atoms with van der Waals surface area (Å²) in [6, 6.07) is 0. The normalized spacial score (nSPS) is 9.40. The highest BCUT2D eigenvalue weighted by atomic mass is 35.5. The lowest BCUT2D eigenvalue weighted by molar-refractivity contribution is -0.120. The third-order valence-electron chi connectivity index (χ3n) is 1.00. The van der Waals surface area contributed by atoms with Crippen LogP contribution in [0.5, 0.6) is 0 Å². The van der Waals surface area contributed by atoms with Gasteiger partial charge in [0.25, 0.3) is 0 Å². The zero-order valence-electron chi connectivity index (χ0n) is 5.90. The van der Waals surface area contributed by atoms with Crippen LogP contribution >= 0.6 is 11.6 Å². The van der Waals surface area contributed by atoms with Gasteiger partial charge in [-0.15, -0.1) is 11.6 Å². The van der Waals surface area contributed by atoms with E-state index in [1.54, 1.807) is 0 Å². The minimum Gasteiger partial charge on any atom is -0.356 e. The van der Waals surface area contributed by atoms with Crippen molar-refractivity contribution in [3.05, 3.63) is 0 Å². The Morgan fingerprint density at radius 2 is 2.30 bits per heavy atom. The van der Waals surface area contributed by atoms with E-state index >= 15 is 0 Å². The number of hydrogen-bond acceptors (Lipinski definition) is 2. The molecule has 0 radical (unpaired) electrons. The molecule has 1 amide bonds. The molecule has 0 saturated carbocycles. The van der Waals surface area contributed by atoms with Gasteiger partial charge in [-0.05, 0) is 6.42 Å². The molecule has 0 aromatic carbocycles. The highest BCUT2D eigenvalue weighted by Gasteiger charge is 1.95. The summed E-state index contributed by atoms with van der Waals surface area (Å²) in [5.74, 6) is 0.593. The number of amides is 1. The maximum atomic E-state index is 10.7. The van der Waals surface area contributed by atoms with Gasteiger partial charge < -0.3 is 11.1 Å². The van der Waals surface area contributed by atoms with Crippen molar-refractivity contribution in [3.63, 3.8) is 0 Å². The van der Waals surface area contributed by atoms with Crippen LogP contribution in [0.4, 0.5) is 0 Å². The van der Waals surface area contributed by atoms with Gasteiger partial charge in [-0.2, -0.15) is 0 Å². The highest BCUT2D eigenvalue weighted by Crippen LogP contribution is 1.81. The fourth-order valence-corrected chi connectivity index (χ4v) is 0.648. The molecule has 3 nitrogen and oxygen atoms in total. The van der Waals surface area contributed by atoms with Gasteiger partial charge in [-0.25, -0.2) is 0 Å². The number of hydrogen-bond donors (Lipinski definition) is 2. The van der Waals surface area contributed by atoms with Crippen LogP contribution in [-0.4, -0.2) is 24.9 Å². The standard InChI is InChI=1S/C6H13ClN2O/c7-3-1-5-9-6(10)2-4-8/h1-5,8H2,(H,9,10). The van der Waals surface area contributed by atoms with Gasteiger partial charge in [0, 0.05) is 25.4 Å². The smallest absolute Gasteiger partial charge is 0.221 e. The second-order valence-electron chi connectivity index (χ2n) is 1.93. The van der Waals surface area contributed by atoms with Crippen molar-refractivity contribution < 1.29 is 4.79 Å². The number of alkyl halides is 1. The van der Waals surface area contributed by atoms with Crippen LogP contribution in [0.25, 0.3) is 0 Å². The Labute approximate surface area is 65.9 Å². The van der Waals surface area contributed by atoms with Crippen LogP contribution in [0.1, 0.15) is 12.8 Å². The Hall–Kier alpha value is -0.280. The van der Waals surface area contributed by atoms with E-state index in [0.29, 0.717) is 25.4 Å². The molecule has 0 aliphatic heterocycles. The summed E-state index contributed by atoms with van der Waals surface area (Å²) in [4.78, 5) is 10.7. The van der Waals surface area contributed by atoms with Crippen molar-refractivity contribution in [2.45, 2.75) is 12.8 Å². The van der Waals surface area contributed by atoms with E-state index in [4.69, 9.17) is 17.3 Å². The molecule has 4 heteroatoms. The van der Waals surface area contributed by atoms with E-state index in [9.17, 15) is 4.79 Å². The Morgan fingerprint density at radius 1 is 1.60 bits per heavy atom. The van der Waals surface area contributed by atoms with Gasteiger partial charge in [-0.3, -0.25) is 4.79 Å². The van der Waals surface area contributed by atoms with Crippen LogP contribution < -0.4 is 11.1 Å². The molecular weight excluding hydrogens is 152 g/mol. The minimum absolute atomic E-state index is 0.00705. The largest absolute Gasteiger partial charge is 0.356 e. The Morgan fingerprint density at radius 3 is 2.80 bits per heavy atom. The summed E-state index contributed by atoms with van der Waals surface area (Å²) >= 11 is 5.39. The molecule has 60 valence electrons. The minimum atomic E-state index is 0.00705. The summed E-state index contributed by atoms with van der Waals surface area (Å²) < 4.78 is 0. The SMILES string of the molecule is NCCC(=O)NCCCCl. The zero-order chi connectivity index (χ0) is 7.82. The van der Waals surface area contributed by atoms with E-state index in [2.05, 4.69) is 5.32 Å². The molecule has 0 aromatic rings. The predicted molar refractivity (Wildman–Crippen MR) is 42.0 cm³/mol. The van der Waals surface area contributed by atoms with E-state index in [0.717, 1.165) is 6.42 Å². The van der Waals surface area contributed by atoms with E-state index in [-0.39, 0.29) is 5.91 Å². The number of carbonyl (C=O) groups is 1. The molecule has 0 atom stereocenters. The number of nitrogens with one attached hydrogen (secondary N) is 1. The second kappa shape index (κ2) is 6.83. The van der Waals surface area contributed by atoms with E-state index in [1.807, 2.05) is 0 Å². The molecule has 0 fully saturated rings. The third kappa shape index (κ3) is 5.85. The van der Waals surface area contributed by atoms with Crippen LogP contribution in [-0.2, 0) is 4.79 Å². The fraction of sp³-hybridized carbons (Fsp3) is 0.833. The molecular formula is C6H13ClN2O. The molecule has 0 bridgehead atoms. The van der Waals surface area contributed by atoms with Crippen molar-refractivity contribution >= 4 is 17.5 Å². The van der Waals surface area contributed by atoms with E-state index in [1.165, 1.54) is 0 Å². The molecule has 0 saturated heterocycles. The average Bonchev–Trinajstić information content (AvgIpc) is 1.89. The summed E-state index contributed by atoms with van der Waals surface area (Å²) in [6.07, 6.45) is 1.22. The summed E-state index contributed by atoms with van der Waals surface area (Å²) in [7, 11) is 0. The van der Waals surface area contributed by atoms with Crippen LogP contribution in [0, 0.1) is 0 Å². The predicted octanol–water partition coefficient (Wildman–Crippen LogP) is 0.0803. The molecule has 0 rings (SSSR count). The Kier molecular flexibility index (Phi) is 6.64. The first-order valence-electron chi connectivity index (χ1n) is 3.34. The lowest BCUT2D eigenvalue weighted by Gasteiger charge is -2.00. The Bertz CT molecular complexity index is 97.7. The van der Waals surface area contributed by atoms with Crippen molar-refractivity contribution in [2.75, 3.05) is 19.0 Å². The topological polar surface area (TPSA) is 55.1 Å². The number of halogens is 1. The van der Waals surface area contributed by atoms with Gasteiger partial charge in [0.15, 0.2) is 0 Å². The molecule has 0 heterocycles. The number of carbonyl (C=O) groups excluding carboxylic acids is 1. The quantitative estimate of drug-likeness (QED) is 0.447. The van der Waals surface area contributed by atoms with Crippen molar-refractivity contribution in [1.29, 1.82) is 0 Å². The zero-order valence-corrected chi connectivity index (χ0v) is 6.66. The van der Waals surface area contributed by atoms with Gasteiger partial charge in [0.1, 0.15) is 0 Å². The molecule has 0 aromatic heterocycles. The maximum absolute atomic E-state index is 10.7. The molecule has 0 aliphatic carbocycles. The molecule has 10 heavy (non-hydrogen) atoms. The van der Waals surface area contributed by atoms with Gasteiger partial charge in [0.2, 0.25) is 5.91 Å². The number of nitrogens with two attached hydrogens (primary N) is 1. The second-order valence-corrected chi connectivity index (χ2v) is 2.31. The van der Waals surface area contributed by atoms with Crippen molar-refractivity contribution in [3.8, 4) is 0 Å². The first-order valence-corrected chi connectivity index (χ1v) is 3.87. The third-order valence-corrected chi connectivity index (χ3v) is 1.27. The molecule has 3 N–H and O–H groups in total. The lowest BCUT2D eigenvalue weighted by atomic mass is 10.4. The van der Waals surface area contributed by atoms with Crippen molar-refractivity contribution in [2.24, 2.45) is 5.73 Å². The van der Waals surface area contributed by atoms with Gasteiger partial charge in [0.05, 0.1) is 0 Å². The highest BCUT2D eigenvalue weighted by molar-refractivity contribution is 6.17. The Balaban J connectivity index is 3.05. The monoisotopic (exact) mass is 164 g/mol. The summed E-state index contributed by atoms with van der Waals surface area (Å²) in [5, 5.41) is 2.68. The fourth-order valence-electron chi connectivity index (χ4n) is 0.514. The first kappa shape index (κ1) is 9.72. The number of rotatable bonds is 5. The van der Waals surface area contributed by atoms with Gasteiger partial charge in [-0.1, -0.05) is 0 Å². The van der Waals surface area contributed by atoms with Gasteiger partial charge >= 0.3 is 0 Å². The van der Waals surface area contributed by atoms with E-state index < -0.39 is 0 Å². The molecule has 0 unspecified atom stereocenters. The molecule has 0 aliphatic rings.